The van der Waals surface area contributed by atoms with Crippen molar-refractivity contribution in [1.29, 1.82) is 5.26 Å². The highest BCUT2D eigenvalue weighted by Gasteiger charge is 2.34. The molecule has 4 rings (SSSR count). The largest absolute Gasteiger partial charge is 0.496 e. The Morgan fingerprint density at radius 2 is 1.74 bits per heavy atom. The van der Waals surface area contributed by atoms with Gasteiger partial charge in [0.25, 0.3) is 0 Å². The zero-order valence-electron chi connectivity index (χ0n) is 17.9. The summed E-state index contributed by atoms with van der Waals surface area (Å²) in [6.07, 6.45) is -1.25. The number of nitrogens with zero attached hydrogens (tertiary/aromatic N) is 3. The molecule has 0 spiro atoms. The topological polar surface area (TPSA) is 94.9 Å². The minimum Gasteiger partial charge on any atom is -0.496 e. The van der Waals surface area contributed by atoms with Crippen LogP contribution in [-0.2, 0) is 6.18 Å². The van der Waals surface area contributed by atoms with E-state index in [1.807, 2.05) is 0 Å². The Morgan fingerprint density at radius 1 is 1.00 bits per heavy atom. The maximum atomic E-state index is 13.7. The van der Waals surface area contributed by atoms with Gasteiger partial charge in [-0.1, -0.05) is 30.3 Å². The molecule has 34 heavy (non-hydrogen) atoms. The summed E-state index contributed by atoms with van der Waals surface area (Å²) in [7, 11) is 1.50. The highest BCUT2D eigenvalue weighted by molar-refractivity contribution is 5.73. The third kappa shape index (κ3) is 4.94. The van der Waals surface area contributed by atoms with Crippen LogP contribution in [0.2, 0.25) is 0 Å². The number of allylic oxidation sites excluding steroid dienone is 2. The Kier molecular flexibility index (Phi) is 6.36. The number of nitrogens with one attached hydrogen (secondary N) is 3. The number of benzene rings is 2. The van der Waals surface area contributed by atoms with Gasteiger partial charge in [-0.3, -0.25) is 10.9 Å². The van der Waals surface area contributed by atoms with E-state index in [2.05, 4.69) is 32.2 Å². The number of para-hydroxylation sites is 1. The fraction of sp³-hybridized carbons (Fsp3) is 0.125. The average molecular weight is 464 g/mol. The first-order valence-corrected chi connectivity index (χ1v) is 10.1. The van der Waals surface area contributed by atoms with E-state index in [1.165, 1.54) is 25.3 Å². The predicted molar refractivity (Wildman–Crippen MR) is 121 cm³/mol. The minimum atomic E-state index is -4.58. The molecule has 3 N–H and O–H groups in total. The number of aromatic nitrogens is 2. The summed E-state index contributed by atoms with van der Waals surface area (Å²) in [5.74, 6) is 1.22. The molecule has 0 atom stereocenters. The van der Waals surface area contributed by atoms with Crippen LogP contribution in [0.3, 0.4) is 0 Å². The smallest absolute Gasteiger partial charge is 0.417 e. The maximum Gasteiger partial charge on any atom is 0.417 e. The standard InChI is InChI=1S/C24H19F3N6O/c1-34-20-9-5-3-7-17(20)19-12-22(33-32-21-11-10-15(13-28)14-29-21)31-23(30-19)16-6-2-4-8-18(16)24(25,26)27/h2-12,29,32H,14H2,1H3,(H,30,31,33). The van der Waals surface area contributed by atoms with Crippen molar-refractivity contribution >= 4 is 5.82 Å². The number of ether oxygens (including phenoxy) is 1. The number of hydrazine groups is 1. The predicted octanol–water partition coefficient (Wildman–Crippen LogP) is 4.65. The van der Waals surface area contributed by atoms with Crippen molar-refractivity contribution in [3.8, 4) is 34.5 Å². The highest BCUT2D eigenvalue weighted by atomic mass is 19.4. The van der Waals surface area contributed by atoms with Crippen molar-refractivity contribution < 1.29 is 17.9 Å². The third-order valence-electron chi connectivity index (χ3n) is 4.97. The molecule has 0 saturated carbocycles. The molecule has 0 saturated heterocycles. The molecule has 2 heterocycles. The van der Waals surface area contributed by atoms with Crippen molar-refractivity contribution in [2.45, 2.75) is 6.18 Å². The Hall–Kier alpha value is -4.52. The van der Waals surface area contributed by atoms with E-state index < -0.39 is 11.7 Å². The number of halogens is 3. The molecule has 0 aliphatic carbocycles. The van der Waals surface area contributed by atoms with Gasteiger partial charge in [0.05, 0.1) is 31.0 Å². The van der Waals surface area contributed by atoms with Crippen LogP contribution >= 0.6 is 0 Å². The van der Waals surface area contributed by atoms with E-state index in [-0.39, 0.29) is 17.2 Å². The summed E-state index contributed by atoms with van der Waals surface area (Å²) in [6.45, 7) is 0.345. The van der Waals surface area contributed by atoms with E-state index in [1.54, 1.807) is 42.5 Å². The van der Waals surface area contributed by atoms with Gasteiger partial charge in [0, 0.05) is 22.8 Å². The second kappa shape index (κ2) is 9.54. The molecule has 172 valence electrons. The van der Waals surface area contributed by atoms with E-state index in [0.29, 0.717) is 34.9 Å². The monoisotopic (exact) mass is 464 g/mol. The van der Waals surface area contributed by atoms with E-state index in [9.17, 15) is 13.2 Å². The van der Waals surface area contributed by atoms with Crippen LogP contribution in [-0.4, -0.2) is 23.6 Å². The minimum absolute atomic E-state index is 0.0992. The fourth-order valence-electron chi connectivity index (χ4n) is 3.34. The SMILES string of the molecule is COc1ccccc1-c1cc(NNC2=CC=C(C#N)CN2)nc(-c2ccccc2C(F)(F)F)n1. The lowest BCUT2D eigenvalue weighted by atomic mass is 10.1. The number of methoxy groups -OCH3 is 1. The highest BCUT2D eigenvalue weighted by Crippen LogP contribution is 2.37. The number of alkyl halides is 3. The Labute approximate surface area is 193 Å². The molecule has 0 unspecified atom stereocenters. The van der Waals surface area contributed by atoms with Crippen molar-refractivity contribution in [2.24, 2.45) is 0 Å². The van der Waals surface area contributed by atoms with Gasteiger partial charge in [0.2, 0.25) is 0 Å². The first-order chi connectivity index (χ1) is 16.4. The van der Waals surface area contributed by atoms with Gasteiger partial charge in [-0.15, -0.1) is 0 Å². The molecule has 7 nitrogen and oxygen atoms in total. The number of dihydropyridines is 1. The molecule has 1 aliphatic heterocycles. The summed E-state index contributed by atoms with van der Waals surface area (Å²) in [5, 5.41) is 12.0. The summed E-state index contributed by atoms with van der Waals surface area (Å²) >= 11 is 0. The lowest BCUT2D eigenvalue weighted by Gasteiger charge is -2.18. The van der Waals surface area contributed by atoms with Gasteiger partial charge in [-0.05, 0) is 30.4 Å². The molecular formula is C24H19F3N6O. The lowest BCUT2D eigenvalue weighted by Crippen LogP contribution is -2.33. The summed E-state index contributed by atoms with van der Waals surface area (Å²) in [4.78, 5) is 8.76. The maximum absolute atomic E-state index is 13.7. The molecule has 0 amide bonds. The molecule has 0 bridgehead atoms. The molecule has 1 aliphatic rings. The normalized spacial score (nSPS) is 13.1. The van der Waals surface area contributed by atoms with Gasteiger partial charge in [0.15, 0.2) is 5.82 Å². The van der Waals surface area contributed by atoms with Gasteiger partial charge in [0.1, 0.15) is 17.4 Å². The number of hydrogen-bond acceptors (Lipinski definition) is 7. The van der Waals surface area contributed by atoms with E-state index >= 15 is 0 Å². The van der Waals surface area contributed by atoms with Crippen LogP contribution < -0.4 is 20.9 Å². The Bertz CT molecular complexity index is 1310. The zero-order chi connectivity index (χ0) is 24.1. The molecule has 10 heteroatoms. The number of rotatable bonds is 6. The second-order valence-electron chi connectivity index (χ2n) is 7.19. The Morgan fingerprint density at radius 3 is 2.41 bits per heavy atom. The molecular weight excluding hydrogens is 445 g/mol. The zero-order valence-corrected chi connectivity index (χ0v) is 17.9. The summed E-state index contributed by atoms with van der Waals surface area (Å²) in [6, 6.07) is 15.9. The number of anilines is 1. The van der Waals surface area contributed by atoms with Gasteiger partial charge in [-0.25, -0.2) is 9.97 Å². The first kappa shape index (κ1) is 22.7. The third-order valence-corrected chi connectivity index (χ3v) is 4.97. The number of nitriles is 1. The van der Waals surface area contributed by atoms with Crippen LogP contribution in [0.4, 0.5) is 19.0 Å². The molecule has 0 radical (unpaired) electrons. The van der Waals surface area contributed by atoms with Crippen molar-refractivity contribution in [3.63, 3.8) is 0 Å². The van der Waals surface area contributed by atoms with Crippen molar-refractivity contribution in [1.82, 2.24) is 20.7 Å². The van der Waals surface area contributed by atoms with Gasteiger partial charge >= 0.3 is 6.18 Å². The van der Waals surface area contributed by atoms with E-state index in [0.717, 1.165) is 6.07 Å². The second-order valence-corrected chi connectivity index (χ2v) is 7.19. The van der Waals surface area contributed by atoms with Crippen LogP contribution in [0.5, 0.6) is 5.75 Å². The van der Waals surface area contributed by atoms with E-state index in [4.69, 9.17) is 10.00 Å². The molecule has 1 aromatic heterocycles. The van der Waals surface area contributed by atoms with Gasteiger partial charge in [-0.2, -0.15) is 18.4 Å². The van der Waals surface area contributed by atoms with Crippen molar-refractivity contribution in [3.05, 3.63) is 83.7 Å². The quantitative estimate of drug-likeness (QED) is 0.457. The van der Waals surface area contributed by atoms with Crippen LogP contribution in [0, 0.1) is 11.3 Å². The number of hydrogen-bond donors (Lipinski definition) is 3. The Balaban J connectivity index is 1.78. The molecule has 0 fully saturated rings. The van der Waals surface area contributed by atoms with Gasteiger partial charge < -0.3 is 10.1 Å². The van der Waals surface area contributed by atoms with Crippen LogP contribution in [0.1, 0.15) is 5.56 Å². The summed E-state index contributed by atoms with van der Waals surface area (Å²) in [5.41, 5.74) is 6.37. The van der Waals surface area contributed by atoms with Crippen LogP contribution in [0.15, 0.2) is 78.1 Å². The average Bonchev–Trinajstić information content (AvgIpc) is 2.87. The fourth-order valence-corrected chi connectivity index (χ4v) is 3.34. The van der Waals surface area contributed by atoms with Crippen LogP contribution in [0.25, 0.3) is 22.6 Å². The molecule has 2 aromatic carbocycles. The lowest BCUT2D eigenvalue weighted by molar-refractivity contribution is -0.137. The first-order valence-electron chi connectivity index (χ1n) is 10.1. The van der Waals surface area contributed by atoms with Crippen molar-refractivity contribution in [2.75, 3.05) is 19.1 Å². The molecule has 3 aromatic rings. The summed E-state index contributed by atoms with van der Waals surface area (Å²) < 4.78 is 46.5.